The first-order chi connectivity index (χ1) is 10.6. The first kappa shape index (κ1) is 15.2. The van der Waals surface area contributed by atoms with Crippen LogP contribution in [0.5, 0.6) is 0 Å². The fourth-order valence-corrected chi connectivity index (χ4v) is 3.63. The molecule has 1 atom stereocenters. The van der Waals surface area contributed by atoms with Crippen molar-refractivity contribution in [3.63, 3.8) is 0 Å². The van der Waals surface area contributed by atoms with E-state index in [1.54, 1.807) is 0 Å². The van der Waals surface area contributed by atoms with Crippen LogP contribution in [0.15, 0.2) is 36.4 Å². The van der Waals surface area contributed by atoms with Crippen molar-refractivity contribution in [3.05, 3.63) is 47.5 Å². The highest BCUT2D eigenvalue weighted by Gasteiger charge is 2.18. The number of ketones is 1. The van der Waals surface area contributed by atoms with Gasteiger partial charge in [0, 0.05) is 25.1 Å². The van der Waals surface area contributed by atoms with E-state index in [0.29, 0.717) is 6.42 Å². The summed E-state index contributed by atoms with van der Waals surface area (Å²) in [5, 5.41) is 2.25. The predicted molar refractivity (Wildman–Crippen MR) is 92.5 cm³/mol. The number of piperidine rings is 1. The normalized spacial score (nSPS) is 19.5. The summed E-state index contributed by atoms with van der Waals surface area (Å²) in [6, 6.07) is 12.4. The minimum Gasteiger partial charge on any atom is -0.303 e. The third kappa shape index (κ3) is 3.22. The molecule has 0 spiro atoms. The summed E-state index contributed by atoms with van der Waals surface area (Å²) < 4.78 is 0. The van der Waals surface area contributed by atoms with E-state index in [0.717, 1.165) is 47.5 Å². The van der Waals surface area contributed by atoms with Crippen molar-refractivity contribution in [2.24, 2.45) is 5.92 Å². The second-order valence-corrected chi connectivity index (χ2v) is 6.70. The van der Waals surface area contributed by atoms with E-state index in [1.807, 2.05) is 19.1 Å². The molecule has 0 amide bonds. The predicted octanol–water partition coefficient (Wildman–Crippen LogP) is 4.45. The third-order valence-corrected chi connectivity index (χ3v) is 4.81. The summed E-state index contributed by atoms with van der Waals surface area (Å²) in [6.07, 6.45) is 3.22. The molecule has 22 heavy (non-hydrogen) atoms. The van der Waals surface area contributed by atoms with Crippen LogP contribution in [0.2, 0.25) is 0 Å². The van der Waals surface area contributed by atoms with Gasteiger partial charge in [0.05, 0.1) is 0 Å². The average Bonchev–Trinajstić information content (AvgIpc) is 2.52. The molecule has 1 aliphatic rings. The van der Waals surface area contributed by atoms with Crippen LogP contribution in [0.3, 0.4) is 0 Å². The number of hydrogen-bond acceptors (Lipinski definition) is 2. The third-order valence-electron chi connectivity index (χ3n) is 4.81. The molecule has 1 fully saturated rings. The van der Waals surface area contributed by atoms with E-state index >= 15 is 0 Å². The molecule has 0 N–H and O–H groups in total. The van der Waals surface area contributed by atoms with E-state index in [2.05, 4.69) is 36.1 Å². The maximum Gasteiger partial charge on any atom is 0.165 e. The number of carbonyl (C=O) groups excluding carboxylic acids is 1. The van der Waals surface area contributed by atoms with Crippen LogP contribution in [0.1, 0.15) is 42.1 Å². The molecule has 2 nitrogen and oxygen atoms in total. The van der Waals surface area contributed by atoms with Crippen LogP contribution in [-0.2, 0) is 0 Å². The Morgan fingerprint density at radius 1 is 1.23 bits per heavy atom. The lowest BCUT2D eigenvalue weighted by molar-refractivity contribution is 0.0950. The van der Waals surface area contributed by atoms with Crippen LogP contribution >= 0.6 is 0 Å². The standard InChI is InChI=1S/C20H25NO/c1-15-6-5-12-21(14-15)13-11-19(22)20-16(2)9-10-17-7-3-4-8-18(17)20/h3-4,7-10,15H,5-6,11-14H2,1-2H3. The second-order valence-electron chi connectivity index (χ2n) is 6.70. The molecule has 2 heteroatoms. The van der Waals surface area contributed by atoms with Gasteiger partial charge in [0.25, 0.3) is 0 Å². The Bertz CT molecular complexity index is 676. The van der Waals surface area contributed by atoms with Crippen molar-refractivity contribution in [3.8, 4) is 0 Å². The van der Waals surface area contributed by atoms with Crippen LogP contribution in [-0.4, -0.2) is 30.3 Å². The Hall–Kier alpha value is -1.67. The molecule has 0 radical (unpaired) electrons. The number of likely N-dealkylation sites (tertiary alicyclic amines) is 1. The van der Waals surface area contributed by atoms with E-state index < -0.39 is 0 Å². The Balaban J connectivity index is 1.76. The van der Waals surface area contributed by atoms with Gasteiger partial charge in [-0.3, -0.25) is 4.79 Å². The van der Waals surface area contributed by atoms with Crippen LogP contribution < -0.4 is 0 Å². The fraction of sp³-hybridized carbons (Fsp3) is 0.450. The molecular weight excluding hydrogens is 270 g/mol. The van der Waals surface area contributed by atoms with Gasteiger partial charge in [0.15, 0.2) is 5.78 Å². The maximum absolute atomic E-state index is 12.8. The minimum absolute atomic E-state index is 0.285. The molecule has 1 unspecified atom stereocenters. The van der Waals surface area contributed by atoms with Gasteiger partial charge in [-0.2, -0.15) is 0 Å². The van der Waals surface area contributed by atoms with Gasteiger partial charge in [0.2, 0.25) is 0 Å². The first-order valence-corrected chi connectivity index (χ1v) is 8.39. The van der Waals surface area contributed by atoms with Gasteiger partial charge in [-0.1, -0.05) is 43.3 Å². The molecule has 3 rings (SSSR count). The van der Waals surface area contributed by atoms with Crippen LogP contribution in [0.25, 0.3) is 10.8 Å². The molecule has 1 saturated heterocycles. The molecule has 1 heterocycles. The number of Topliss-reactive ketones (excluding diaryl/α,β-unsaturated/α-hetero) is 1. The summed E-state index contributed by atoms with van der Waals surface area (Å²) in [5.74, 6) is 1.05. The number of fused-ring (bicyclic) bond motifs is 1. The lowest BCUT2D eigenvalue weighted by atomic mass is 9.94. The first-order valence-electron chi connectivity index (χ1n) is 8.39. The van der Waals surface area contributed by atoms with Crippen LogP contribution in [0.4, 0.5) is 0 Å². The molecule has 2 aromatic rings. The SMILES string of the molecule is Cc1ccc2ccccc2c1C(=O)CCN1CCCC(C)C1. The fourth-order valence-electron chi connectivity index (χ4n) is 3.63. The Morgan fingerprint density at radius 2 is 2.05 bits per heavy atom. The zero-order chi connectivity index (χ0) is 15.5. The van der Waals surface area contributed by atoms with E-state index in [1.165, 1.54) is 12.8 Å². The monoisotopic (exact) mass is 295 g/mol. The van der Waals surface area contributed by atoms with Crippen LogP contribution in [0, 0.1) is 12.8 Å². The zero-order valence-corrected chi connectivity index (χ0v) is 13.6. The second kappa shape index (κ2) is 6.62. The van der Waals surface area contributed by atoms with Crippen molar-refractivity contribution >= 4 is 16.6 Å². The van der Waals surface area contributed by atoms with Gasteiger partial charge in [-0.25, -0.2) is 0 Å². The largest absolute Gasteiger partial charge is 0.303 e. The van der Waals surface area contributed by atoms with Gasteiger partial charge in [-0.15, -0.1) is 0 Å². The summed E-state index contributed by atoms with van der Waals surface area (Å²) in [7, 11) is 0. The molecule has 0 aliphatic carbocycles. The van der Waals surface area contributed by atoms with E-state index in [-0.39, 0.29) is 5.78 Å². The quantitative estimate of drug-likeness (QED) is 0.777. The Morgan fingerprint density at radius 3 is 2.86 bits per heavy atom. The number of hydrogen-bond donors (Lipinski definition) is 0. The lowest BCUT2D eigenvalue weighted by Gasteiger charge is -2.30. The Kier molecular flexibility index (Phi) is 4.58. The number of rotatable bonds is 4. The topological polar surface area (TPSA) is 20.3 Å². The number of nitrogens with zero attached hydrogens (tertiary/aromatic N) is 1. The number of carbonyl (C=O) groups is 1. The molecule has 0 bridgehead atoms. The Labute approximate surface area is 133 Å². The van der Waals surface area contributed by atoms with Crippen molar-refractivity contribution in [1.82, 2.24) is 4.90 Å². The molecule has 0 aromatic heterocycles. The average molecular weight is 295 g/mol. The van der Waals surface area contributed by atoms with Gasteiger partial charge < -0.3 is 4.90 Å². The highest BCUT2D eigenvalue weighted by atomic mass is 16.1. The molecular formula is C20H25NO. The highest BCUT2D eigenvalue weighted by Crippen LogP contribution is 2.24. The minimum atomic E-state index is 0.285. The molecule has 2 aromatic carbocycles. The number of benzene rings is 2. The van der Waals surface area contributed by atoms with Gasteiger partial charge >= 0.3 is 0 Å². The summed E-state index contributed by atoms with van der Waals surface area (Å²) in [6.45, 7) is 7.53. The highest BCUT2D eigenvalue weighted by molar-refractivity contribution is 6.09. The smallest absolute Gasteiger partial charge is 0.165 e. The summed E-state index contributed by atoms with van der Waals surface area (Å²) in [4.78, 5) is 15.2. The van der Waals surface area contributed by atoms with Gasteiger partial charge in [-0.05, 0) is 48.6 Å². The molecule has 0 saturated carbocycles. The lowest BCUT2D eigenvalue weighted by Crippen LogP contribution is -2.35. The van der Waals surface area contributed by atoms with Crippen molar-refractivity contribution < 1.29 is 4.79 Å². The maximum atomic E-state index is 12.8. The summed E-state index contributed by atoms with van der Waals surface area (Å²) in [5.41, 5.74) is 2.01. The zero-order valence-electron chi connectivity index (χ0n) is 13.6. The van der Waals surface area contributed by atoms with Crippen molar-refractivity contribution in [1.29, 1.82) is 0 Å². The van der Waals surface area contributed by atoms with E-state index in [9.17, 15) is 4.79 Å². The summed E-state index contributed by atoms with van der Waals surface area (Å²) >= 11 is 0. The van der Waals surface area contributed by atoms with E-state index in [4.69, 9.17) is 0 Å². The number of aryl methyl sites for hydroxylation is 1. The van der Waals surface area contributed by atoms with Gasteiger partial charge in [0.1, 0.15) is 0 Å². The van der Waals surface area contributed by atoms with Crippen molar-refractivity contribution in [2.75, 3.05) is 19.6 Å². The molecule has 1 aliphatic heterocycles. The molecule has 116 valence electrons. The van der Waals surface area contributed by atoms with Crippen molar-refractivity contribution in [2.45, 2.75) is 33.1 Å².